The minimum absolute atomic E-state index is 0.0488. The molecule has 0 bridgehead atoms. The standard InChI is InChI=1S/C12H25N3O3S/c1-2-3-4-5-6-7-8-9-12-19(16,17)18-11-10-14-15-13/h2-12H2,1H3. The molecule has 0 saturated carbocycles. The van der Waals surface area contributed by atoms with Crippen molar-refractivity contribution in [1.29, 1.82) is 0 Å². The topological polar surface area (TPSA) is 92.1 Å². The van der Waals surface area contributed by atoms with Crippen molar-refractivity contribution in [3.05, 3.63) is 10.4 Å². The maximum Gasteiger partial charge on any atom is 0.267 e. The predicted molar refractivity (Wildman–Crippen MR) is 76.4 cm³/mol. The molecule has 0 aromatic rings. The molecule has 0 rings (SSSR count). The lowest BCUT2D eigenvalue weighted by atomic mass is 10.1. The quantitative estimate of drug-likeness (QED) is 0.170. The van der Waals surface area contributed by atoms with Gasteiger partial charge in [0.25, 0.3) is 10.1 Å². The number of nitrogens with zero attached hydrogens (tertiary/aromatic N) is 3. The molecule has 112 valence electrons. The highest BCUT2D eigenvalue weighted by atomic mass is 32.2. The van der Waals surface area contributed by atoms with Gasteiger partial charge in [-0.15, -0.1) is 0 Å². The smallest absolute Gasteiger partial charge is 0.267 e. The molecule has 0 aliphatic carbocycles. The molecule has 0 saturated heterocycles. The lowest BCUT2D eigenvalue weighted by molar-refractivity contribution is 0.326. The second-order valence-corrected chi connectivity index (χ2v) is 6.27. The highest BCUT2D eigenvalue weighted by Crippen LogP contribution is 2.09. The van der Waals surface area contributed by atoms with E-state index in [9.17, 15) is 8.42 Å². The molecule has 0 amide bonds. The molecule has 0 fully saturated rings. The first-order valence-corrected chi connectivity index (χ1v) is 8.58. The van der Waals surface area contributed by atoms with Crippen LogP contribution in [0, 0.1) is 0 Å². The van der Waals surface area contributed by atoms with Gasteiger partial charge >= 0.3 is 0 Å². The van der Waals surface area contributed by atoms with Crippen LogP contribution in [0.15, 0.2) is 5.11 Å². The molecular weight excluding hydrogens is 266 g/mol. The lowest BCUT2D eigenvalue weighted by Crippen LogP contribution is -2.12. The van der Waals surface area contributed by atoms with Crippen LogP contribution in [0.4, 0.5) is 0 Å². The average molecular weight is 291 g/mol. The van der Waals surface area contributed by atoms with Crippen molar-refractivity contribution in [2.45, 2.75) is 58.3 Å². The van der Waals surface area contributed by atoms with E-state index in [0.29, 0.717) is 6.42 Å². The van der Waals surface area contributed by atoms with Crippen LogP contribution in [0.5, 0.6) is 0 Å². The summed E-state index contributed by atoms with van der Waals surface area (Å²) in [6, 6.07) is 0. The summed E-state index contributed by atoms with van der Waals surface area (Å²) in [5.74, 6) is 0.0538. The summed E-state index contributed by atoms with van der Waals surface area (Å²) in [4.78, 5) is 2.52. The van der Waals surface area contributed by atoms with Crippen LogP contribution in [0.3, 0.4) is 0 Å². The first-order chi connectivity index (χ1) is 9.12. The zero-order valence-corrected chi connectivity index (χ0v) is 12.6. The van der Waals surface area contributed by atoms with Gasteiger partial charge in [-0.1, -0.05) is 57.0 Å². The second-order valence-electron chi connectivity index (χ2n) is 4.51. The van der Waals surface area contributed by atoms with Crippen molar-refractivity contribution in [3.8, 4) is 0 Å². The van der Waals surface area contributed by atoms with Crippen LogP contribution < -0.4 is 0 Å². The highest BCUT2D eigenvalue weighted by molar-refractivity contribution is 7.86. The van der Waals surface area contributed by atoms with E-state index in [1.165, 1.54) is 32.1 Å². The SMILES string of the molecule is CCCCCCCCCCS(=O)(=O)OCCN=[N+]=[N-]. The summed E-state index contributed by atoms with van der Waals surface area (Å²) < 4.78 is 27.5. The molecule has 0 unspecified atom stereocenters. The average Bonchev–Trinajstić information content (AvgIpc) is 2.38. The van der Waals surface area contributed by atoms with Gasteiger partial charge in [-0.25, -0.2) is 0 Å². The van der Waals surface area contributed by atoms with Crippen LogP contribution in [0.25, 0.3) is 10.4 Å². The Bertz CT molecular complexity index is 351. The summed E-state index contributed by atoms with van der Waals surface area (Å²) in [5, 5.41) is 3.21. The lowest BCUT2D eigenvalue weighted by Gasteiger charge is -2.04. The van der Waals surface area contributed by atoms with Crippen molar-refractivity contribution < 1.29 is 12.6 Å². The first-order valence-electron chi connectivity index (χ1n) is 7.00. The van der Waals surface area contributed by atoms with Crippen LogP contribution in [-0.2, 0) is 14.3 Å². The van der Waals surface area contributed by atoms with Crippen LogP contribution in [0.2, 0.25) is 0 Å². The molecule has 0 aromatic heterocycles. The van der Waals surface area contributed by atoms with Gasteiger partial charge in [0.05, 0.1) is 18.9 Å². The first kappa shape index (κ1) is 18.2. The van der Waals surface area contributed by atoms with Crippen LogP contribution in [0.1, 0.15) is 58.3 Å². The Labute approximate surface area is 116 Å². The minimum atomic E-state index is -3.45. The van der Waals surface area contributed by atoms with E-state index in [1.807, 2.05) is 0 Å². The molecule has 0 radical (unpaired) electrons. The second kappa shape index (κ2) is 12.3. The van der Waals surface area contributed by atoms with Crippen molar-refractivity contribution in [2.75, 3.05) is 18.9 Å². The molecule has 19 heavy (non-hydrogen) atoms. The largest absolute Gasteiger partial charge is 0.270 e. The van der Waals surface area contributed by atoms with Crippen LogP contribution >= 0.6 is 0 Å². The maximum absolute atomic E-state index is 11.4. The molecule has 0 heterocycles. The monoisotopic (exact) mass is 291 g/mol. The number of rotatable bonds is 13. The van der Waals surface area contributed by atoms with E-state index in [0.717, 1.165) is 12.8 Å². The van der Waals surface area contributed by atoms with Gasteiger partial charge in [0.15, 0.2) is 0 Å². The fraction of sp³-hybridized carbons (Fsp3) is 1.00. The third kappa shape index (κ3) is 13.5. The number of hydrogen-bond acceptors (Lipinski definition) is 4. The van der Waals surface area contributed by atoms with E-state index >= 15 is 0 Å². The molecule has 0 atom stereocenters. The van der Waals surface area contributed by atoms with E-state index in [-0.39, 0.29) is 18.9 Å². The molecule has 0 spiro atoms. The summed E-state index contributed by atoms with van der Waals surface area (Å²) in [6.07, 6.45) is 8.86. The summed E-state index contributed by atoms with van der Waals surface area (Å²) in [6.45, 7) is 2.17. The number of hydrogen-bond donors (Lipinski definition) is 0. The Kier molecular flexibility index (Phi) is 11.8. The fourth-order valence-corrected chi connectivity index (χ4v) is 2.73. The minimum Gasteiger partial charge on any atom is -0.270 e. The van der Waals surface area contributed by atoms with Gasteiger partial charge < -0.3 is 0 Å². The zero-order valence-electron chi connectivity index (χ0n) is 11.8. The normalized spacial score (nSPS) is 11.2. The third-order valence-corrected chi connectivity index (χ3v) is 4.08. The number of azide groups is 1. The molecule has 0 aliphatic heterocycles. The van der Waals surface area contributed by atoms with Crippen molar-refractivity contribution in [3.63, 3.8) is 0 Å². The Morgan fingerprint density at radius 1 is 1.05 bits per heavy atom. The molecule has 0 aliphatic rings. The Hall–Kier alpha value is -0.780. The zero-order chi connectivity index (χ0) is 14.4. The Morgan fingerprint density at radius 3 is 2.21 bits per heavy atom. The molecular formula is C12H25N3O3S. The maximum atomic E-state index is 11.4. The van der Waals surface area contributed by atoms with Crippen LogP contribution in [-0.4, -0.2) is 27.3 Å². The highest BCUT2D eigenvalue weighted by Gasteiger charge is 2.09. The Morgan fingerprint density at radius 2 is 1.63 bits per heavy atom. The molecule has 0 aromatic carbocycles. The van der Waals surface area contributed by atoms with Gasteiger partial charge in [-0.3, -0.25) is 4.18 Å². The van der Waals surface area contributed by atoms with Gasteiger partial charge in [-0.05, 0) is 12.0 Å². The van der Waals surface area contributed by atoms with Gasteiger partial charge in [0, 0.05) is 4.91 Å². The summed E-state index contributed by atoms with van der Waals surface area (Å²) in [5.41, 5.74) is 8.03. The van der Waals surface area contributed by atoms with E-state index in [4.69, 9.17) is 9.71 Å². The fourth-order valence-electron chi connectivity index (χ4n) is 1.72. The van der Waals surface area contributed by atoms with Gasteiger partial charge in [0.2, 0.25) is 0 Å². The van der Waals surface area contributed by atoms with E-state index in [1.54, 1.807) is 0 Å². The van der Waals surface area contributed by atoms with E-state index in [2.05, 4.69) is 16.9 Å². The van der Waals surface area contributed by atoms with Gasteiger partial charge in [0.1, 0.15) is 0 Å². The number of unbranched alkanes of at least 4 members (excludes halogenated alkanes) is 7. The molecule has 0 N–H and O–H groups in total. The van der Waals surface area contributed by atoms with E-state index < -0.39 is 10.1 Å². The predicted octanol–water partition coefficient (Wildman–Crippen LogP) is 3.78. The van der Waals surface area contributed by atoms with Crippen molar-refractivity contribution in [1.82, 2.24) is 0 Å². The van der Waals surface area contributed by atoms with Crippen molar-refractivity contribution in [2.24, 2.45) is 5.11 Å². The van der Waals surface area contributed by atoms with Crippen molar-refractivity contribution >= 4 is 10.1 Å². The Balaban J connectivity index is 3.45. The third-order valence-electron chi connectivity index (χ3n) is 2.77. The summed E-state index contributed by atoms with van der Waals surface area (Å²) in [7, 11) is -3.45. The summed E-state index contributed by atoms with van der Waals surface area (Å²) >= 11 is 0. The molecule has 7 heteroatoms. The van der Waals surface area contributed by atoms with Gasteiger partial charge in [-0.2, -0.15) is 8.42 Å². The molecule has 6 nitrogen and oxygen atoms in total.